The van der Waals surface area contributed by atoms with Gasteiger partial charge < -0.3 is 19.9 Å². The molecule has 2 aromatic rings. The number of aromatic carboxylic acids is 1. The maximum atomic E-state index is 14.6. The zero-order valence-electron chi connectivity index (χ0n) is 13.3. The van der Waals surface area contributed by atoms with Crippen LogP contribution in [-0.2, 0) is 0 Å². The largest absolute Gasteiger partial charge is 0.477 e. The highest BCUT2D eigenvalue weighted by Crippen LogP contribution is 2.25. The maximum Gasteiger partial charge on any atom is 0.341 e. The number of hydrogen-bond donors (Lipinski definition) is 2. The highest BCUT2D eigenvalue weighted by molar-refractivity contribution is 5.94. The molecule has 0 atom stereocenters. The van der Waals surface area contributed by atoms with Crippen molar-refractivity contribution in [2.45, 2.75) is 6.92 Å². The van der Waals surface area contributed by atoms with Gasteiger partial charge in [0, 0.05) is 44.0 Å². The molecule has 1 aliphatic heterocycles. The molecular weight excluding hydrogens is 313 g/mol. The number of fused-ring (bicyclic) bond motifs is 1. The third kappa shape index (κ3) is 2.78. The van der Waals surface area contributed by atoms with Gasteiger partial charge in [-0.2, -0.15) is 0 Å². The molecular formula is C17H18FN3O3. The number of anilines is 1. The lowest BCUT2D eigenvalue weighted by Gasteiger charge is -2.30. The van der Waals surface area contributed by atoms with Crippen molar-refractivity contribution in [3.05, 3.63) is 46.0 Å². The third-order valence-corrected chi connectivity index (χ3v) is 4.10. The maximum absolute atomic E-state index is 14.6. The van der Waals surface area contributed by atoms with Gasteiger partial charge >= 0.3 is 5.97 Å². The van der Waals surface area contributed by atoms with E-state index in [0.29, 0.717) is 24.3 Å². The zero-order chi connectivity index (χ0) is 17.3. The number of nitrogens with one attached hydrogen (secondary N) is 1. The predicted molar refractivity (Wildman–Crippen MR) is 91.2 cm³/mol. The molecule has 0 aliphatic carbocycles. The molecule has 1 fully saturated rings. The molecule has 1 aromatic heterocycles. The Morgan fingerprint density at radius 2 is 2.04 bits per heavy atom. The van der Waals surface area contributed by atoms with E-state index in [1.54, 1.807) is 29.8 Å². The molecule has 0 saturated carbocycles. The monoisotopic (exact) mass is 331 g/mol. The fraction of sp³-hybridized carbons (Fsp3) is 0.294. The van der Waals surface area contributed by atoms with Crippen molar-refractivity contribution < 1.29 is 14.3 Å². The minimum atomic E-state index is -1.33. The van der Waals surface area contributed by atoms with E-state index in [0.717, 1.165) is 19.2 Å². The van der Waals surface area contributed by atoms with Crippen molar-refractivity contribution in [1.29, 1.82) is 0 Å². The van der Waals surface area contributed by atoms with Crippen molar-refractivity contribution >= 4 is 28.8 Å². The van der Waals surface area contributed by atoms with Crippen molar-refractivity contribution in [2.24, 2.45) is 0 Å². The quantitative estimate of drug-likeness (QED) is 0.896. The van der Waals surface area contributed by atoms with Crippen LogP contribution < -0.4 is 15.6 Å². The van der Waals surface area contributed by atoms with Crippen LogP contribution in [0.5, 0.6) is 0 Å². The van der Waals surface area contributed by atoms with Crippen LogP contribution in [0.15, 0.2) is 29.2 Å². The summed E-state index contributed by atoms with van der Waals surface area (Å²) >= 11 is 0. The summed E-state index contributed by atoms with van der Waals surface area (Å²) in [5.41, 5.74) is -0.151. The summed E-state index contributed by atoms with van der Waals surface area (Å²) in [5.74, 6) is -1.84. The lowest BCUT2D eigenvalue weighted by atomic mass is 10.1. The summed E-state index contributed by atoms with van der Waals surface area (Å²) in [6, 6.07) is 2.75. The number of benzene rings is 1. The van der Waals surface area contributed by atoms with E-state index in [2.05, 4.69) is 5.32 Å². The third-order valence-electron chi connectivity index (χ3n) is 4.10. The van der Waals surface area contributed by atoms with Gasteiger partial charge in [-0.15, -0.1) is 0 Å². The average molecular weight is 331 g/mol. The summed E-state index contributed by atoms with van der Waals surface area (Å²) in [6.07, 6.45) is 4.64. The molecule has 1 aromatic carbocycles. The van der Waals surface area contributed by atoms with Gasteiger partial charge in [0.2, 0.25) is 5.43 Å². The highest BCUT2D eigenvalue weighted by atomic mass is 19.1. The van der Waals surface area contributed by atoms with E-state index >= 15 is 0 Å². The number of rotatable bonds is 3. The Morgan fingerprint density at radius 1 is 1.33 bits per heavy atom. The van der Waals surface area contributed by atoms with Gasteiger partial charge in [-0.25, -0.2) is 9.18 Å². The summed E-state index contributed by atoms with van der Waals surface area (Å²) < 4.78 is 16.1. The number of carboxylic acids is 1. The molecule has 0 bridgehead atoms. The van der Waals surface area contributed by atoms with Crippen LogP contribution in [0, 0.1) is 5.82 Å². The predicted octanol–water partition coefficient (Wildman–Crippen LogP) is 1.74. The Morgan fingerprint density at radius 3 is 2.67 bits per heavy atom. The first kappa shape index (κ1) is 16.2. The van der Waals surface area contributed by atoms with Crippen LogP contribution in [0.25, 0.3) is 17.1 Å². The van der Waals surface area contributed by atoms with Crippen molar-refractivity contribution in [1.82, 2.24) is 9.88 Å². The Hall–Kier alpha value is -2.67. The number of halogens is 1. The molecule has 0 spiro atoms. The molecule has 0 amide bonds. The van der Waals surface area contributed by atoms with E-state index in [1.165, 1.54) is 6.20 Å². The molecule has 0 unspecified atom stereocenters. The summed E-state index contributed by atoms with van der Waals surface area (Å²) in [7, 11) is 0. The minimum Gasteiger partial charge on any atom is -0.477 e. The lowest BCUT2D eigenvalue weighted by molar-refractivity contribution is 0.0695. The van der Waals surface area contributed by atoms with Crippen molar-refractivity contribution in [3.63, 3.8) is 0 Å². The number of allylic oxidation sites excluding steroid dienone is 1. The minimum absolute atomic E-state index is 0.0596. The second-order valence-corrected chi connectivity index (χ2v) is 5.62. The normalized spacial score (nSPS) is 15.3. The van der Waals surface area contributed by atoms with E-state index in [-0.39, 0.29) is 10.9 Å². The molecule has 1 saturated heterocycles. The second kappa shape index (κ2) is 6.45. The summed E-state index contributed by atoms with van der Waals surface area (Å²) in [4.78, 5) is 25.5. The number of piperazine rings is 1. The first-order chi connectivity index (χ1) is 11.5. The first-order valence-corrected chi connectivity index (χ1v) is 7.73. The van der Waals surface area contributed by atoms with Gasteiger partial charge in [0.1, 0.15) is 11.4 Å². The average Bonchev–Trinajstić information content (AvgIpc) is 2.57. The van der Waals surface area contributed by atoms with Gasteiger partial charge in [-0.3, -0.25) is 4.79 Å². The fourth-order valence-corrected chi connectivity index (χ4v) is 2.94. The Labute approximate surface area is 137 Å². The molecule has 2 heterocycles. The molecule has 6 nitrogen and oxygen atoms in total. The van der Waals surface area contributed by atoms with E-state index in [4.69, 9.17) is 0 Å². The molecule has 24 heavy (non-hydrogen) atoms. The fourth-order valence-electron chi connectivity index (χ4n) is 2.94. The van der Waals surface area contributed by atoms with Gasteiger partial charge in [-0.05, 0) is 19.1 Å². The molecule has 1 aliphatic rings. The second-order valence-electron chi connectivity index (χ2n) is 5.62. The van der Waals surface area contributed by atoms with Crippen LogP contribution in [0.2, 0.25) is 0 Å². The number of nitrogens with zero attached hydrogens (tertiary/aromatic N) is 2. The molecule has 2 N–H and O–H groups in total. The Bertz CT molecular complexity index is 883. The number of aromatic nitrogens is 1. The van der Waals surface area contributed by atoms with Gasteiger partial charge in [-0.1, -0.05) is 6.08 Å². The van der Waals surface area contributed by atoms with E-state index in [1.807, 2.05) is 4.90 Å². The topological polar surface area (TPSA) is 74.6 Å². The summed E-state index contributed by atoms with van der Waals surface area (Å²) in [5, 5.41) is 12.5. The highest BCUT2D eigenvalue weighted by Gasteiger charge is 2.19. The van der Waals surface area contributed by atoms with Crippen molar-refractivity contribution in [2.75, 3.05) is 31.1 Å². The van der Waals surface area contributed by atoms with Crippen LogP contribution in [0.1, 0.15) is 17.3 Å². The van der Waals surface area contributed by atoms with Gasteiger partial charge in [0.15, 0.2) is 0 Å². The molecule has 0 radical (unpaired) electrons. The van der Waals surface area contributed by atoms with Crippen LogP contribution in [0.3, 0.4) is 0 Å². The zero-order valence-corrected chi connectivity index (χ0v) is 13.3. The van der Waals surface area contributed by atoms with Gasteiger partial charge in [0.05, 0.1) is 11.2 Å². The number of carbonyl (C=O) groups is 1. The molecule has 126 valence electrons. The van der Waals surface area contributed by atoms with Crippen molar-refractivity contribution in [3.8, 4) is 0 Å². The van der Waals surface area contributed by atoms with E-state index in [9.17, 15) is 19.1 Å². The SMILES string of the molecule is C/C=C/n1cc(C(=O)O)c(=O)c2cc(F)c(N3CCNCC3)cc21. The van der Waals surface area contributed by atoms with Gasteiger partial charge in [0.25, 0.3) is 0 Å². The first-order valence-electron chi connectivity index (χ1n) is 7.73. The van der Waals surface area contributed by atoms with Crippen LogP contribution >= 0.6 is 0 Å². The number of carboxylic acid groups (broad SMARTS) is 1. The lowest BCUT2D eigenvalue weighted by Crippen LogP contribution is -2.43. The standard InChI is InChI=1S/C17H18FN3O3/c1-2-5-21-10-12(17(23)24)16(22)11-8-13(18)15(9-14(11)21)20-6-3-19-4-7-20/h2,5,8-10,19H,3-4,6-7H2,1H3,(H,23,24)/b5-2+. The molecule has 3 rings (SSSR count). The number of pyridine rings is 1. The van der Waals surface area contributed by atoms with Crippen LogP contribution in [-0.4, -0.2) is 41.8 Å². The Kier molecular flexibility index (Phi) is 4.35. The Balaban J connectivity index is 2.28. The number of hydrogen-bond acceptors (Lipinski definition) is 4. The molecule has 7 heteroatoms. The smallest absolute Gasteiger partial charge is 0.341 e. The van der Waals surface area contributed by atoms with E-state index < -0.39 is 17.2 Å². The summed E-state index contributed by atoms with van der Waals surface area (Å²) in [6.45, 7) is 4.65. The van der Waals surface area contributed by atoms with Crippen LogP contribution in [0.4, 0.5) is 10.1 Å².